The molecule has 102 valence electrons. The van der Waals surface area contributed by atoms with E-state index >= 15 is 0 Å². The summed E-state index contributed by atoms with van der Waals surface area (Å²) in [6.07, 6.45) is 0.906. The second-order valence-corrected chi connectivity index (χ2v) is 6.51. The molecule has 6 heteroatoms. The smallest absolute Gasteiger partial charge is 0.212 e. The zero-order valence-electron chi connectivity index (χ0n) is 10.5. The van der Waals surface area contributed by atoms with Gasteiger partial charge in [0.1, 0.15) is 0 Å². The Balaban J connectivity index is 2.23. The van der Waals surface area contributed by atoms with E-state index < -0.39 is 15.3 Å². The minimum absolute atomic E-state index is 0.196. The van der Waals surface area contributed by atoms with Crippen LogP contribution in [0.25, 0.3) is 0 Å². The summed E-state index contributed by atoms with van der Waals surface area (Å²) in [5.74, 6) is -0.196. The molecule has 0 bridgehead atoms. The standard InChI is InChI=1S/C13H16N2O3S/c14-8-11-4-2-1-3-10(11)7-12-9-18-6-5-13(12)19(15,16)17/h1-4,12-13H,5-7,9H2,(H2,15,16,17)/t12-,13-/m1/s1. The van der Waals surface area contributed by atoms with Gasteiger partial charge in [0.25, 0.3) is 0 Å². The van der Waals surface area contributed by atoms with E-state index in [0.717, 1.165) is 5.56 Å². The number of benzene rings is 1. The normalized spacial score (nSPS) is 23.8. The van der Waals surface area contributed by atoms with Gasteiger partial charge in [-0.15, -0.1) is 0 Å². The predicted molar refractivity (Wildman–Crippen MR) is 70.7 cm³/mol. The summed E-state index contributed by atoms with van der Waals surface area (Å²) in [6.45, 7) is 0.776. The van der Waals surface area contributed by atoms with Crippen LogP contribution in [-0.2, 0) is 21.2 Å². The van der Waals surface area contributed by atoms with Crippen LogP contribution in [0.1, 0.15) is 17.5 Å². The second-order valence-electron chi connectivity index (χ2n) is 4.72. The first kappa shape index (κ1) is 14.0. The van der Waals surface area contributed by atoms with E-state index in [4.69, 9.17) is 15.1 Å². The summed E-state index contributed by atoms with van der Waals surface area (Å²) in [6, 6.07) is 9.31. The average molecular weight is 280 g/mol. The molecule has 1 fully saturated rings. The van der Waals surface area contributed by atoms with Gasteiger partial charge >= 0.3 is 0 Å². The fourth-order valence-electron chi connectivity index (χ4n) is 2.49. The number of rotatable bonds is 3. The van der Waals surface area contributed by atoms with Gasteiger partial charge in [0.15, 0.2) is 0 Å². The maximum absolute atomic E-state index is 11.6. The zero-order valence-corrected chi connectivity index (χ0v) is 11.3. The number of sulfonamides is 1. The topological polar surface area (TPSA) is 93.2 Å². The van der Waals surface area contributed by atoms with Crippen molar-refractivity contribution in [3.05, 3.63) is 35.4 Å². The first-order valence-electron chi connectivity index (χ1n) is 6.09. The SMILES string of the molecule is N#Cc1ccccc1C[C@@H]1COCC[C@H]1S(N)(=O)=O. The molecule has 2 atom stereocenters. The number of hydrogen-bond acceptors (Lipinski definition) is 4. The van der Waals surface area contributed by atoms with Gasteiger partial charge in [-0.1, -0.05) is 18.2 Å². The lowest BCUT2D eigenvalue weighted by atomic mass is 9.91. The van der Waals surface area contributed by atoms with Crippen LogP contribution < -0.4 is 5.14 Å². The van der Waals surface area contributed by atoms with Gasteiger partial charge in [-0.3, -0.25) is 0 Å². The van der Waals surface area contributed by atoms with Crippen LogP contribution in [0, 0.1) is 17.2 Å². The van der Waals surface area contributed by atoms with E-state index in [1.165, 1.54) is 0 Å². The minimum atomic E-state index is -3.58. The molecule has 1 aromatic rings. The van der Waals surface area contributed by atoms with Crippen molar-refractivity contribution in [2.75, 3.05) is 13.2 Å². The van der Waals surface area contributed by atoms with Crippen LogP contribution in [0.4, 0.5) is 0 Å². The third-order valence-corrected chi connectivity index (χ3v) is 4.91. The van der Waals surface area contributed by atoms with E-state index in [-0.39, 0.29) is 5.92 Å². The Morgan fingerprint density at radius 1 is 1.42 bits per heavy atom. The molecule has 1 saturated heterocycles. The lowest BCUT2D eigenvalue weighted by molar-refractivity contribution is 0.0572. The van der Waals surface area contributed by atoms with Crippen LogP contribution in [0.15, 0.2) is 24.3 Å². The van der Waals surface area contributed by atoms with Crippen molar-refractivity contribution >= 4 is 10.0 Å². The highest BCUT2D eigenvalue weighted by Crippen LogP contribution is 2.25. The van der Waals surface area contributed by atoms with Crippen LogP contribution in [0.3, 0.4) is 0 Å². The van der Waals surface area contributed by atoms with Crippen LogP contribution in [0.2, 0.25) is 0 Å². The van der Waals surface area contributed by atoms with Crippen molar-refractivity contribution < 1.29 is 13.2 Å². The Bertz CT molecular complexity index is 592. The number of primary sulfonamides is 1. The minimum Gasteiger partial charge on any atom is -0.381 e. The fourth-order valence-corrected chi connectivity index (χ4v) is 3.63. The van der Waals surface area contributed by atoms with Gasteiger partial charge in [0.2, 0.25) is 10.0 Å². The highest BCUT2D eigenvalue weighted by Gasteiger charge is 2.34. The van der Waals surface area contributed by atoms with E-state index in [1.54, 1.807) is 12.1 Å². The number of nitrogens with zero attached hydrogens (tertiary/aromatic N) is 1. The number of hydrogen-bond donors (Lipinski definition) is 1. The molecule has 2 rings (SSSR count). The molecule has 0 radical (unpaired) electrons. The van der Waals surface area contributed by atoms with Crippen LogP contribution in [0.5, 0.6) is 0 Å². The van der Waals surface area contributed by atoms with Gasteiger partial charge in [-0.2, -0.15) is 5.26 Å². The molecule has 1 aliphatic rings. The first-order chi connectivity index (χ1) is 9.02. The molecule has 0 unspecified atom stereocenters. The van der Waals surface area contributed by atoms with Crippen molar-refractivity contribution in [1.82, 2.24) is 0 Å². The monoisotopic (exact) mass is 280 g/mol. The molecule has 0 spiro atoms. The molecule has 0 aromatic heterocycles. The van der Waals surface area contributed by atoms with E-state index in [9.17, 15) is 8.42 Å². The van der Waals surface area contributed by atoms with Gasteiger partial charge in [0.05, 0.1) is 23.5 Å². The zero-order chi connectivity index (χ0) is 13.9. The lowest BCUT2D eigenvalue weighted by Crippen LogP contribution is -2.42. The highest BCUT2D eigenvalue weighted by atomic mass is 32.2. The van der Waals surface area contributed by atoms with Crippen molar-refractivity contribution in [1.29, 1.82) is 5.26 Å². The molecular weight excluding hydrogens is 264 g/mol. The number of nitrogens with two attached hydrogens (primary N) is 1. The summed E-state index contributed by atoms with van der Waals surface area (Å²) >= 11 is 0. The maximum Gasteiger partial charge on any atom is 0.212 e. The van der Waals surface area contributed by atoms with Gasteiger partial charge < -0.3 is 4.74 Å². The summed E-state index contributed by atoms with van der Waals surface area (Å²) in [4.78, 5) is 0. The molecule has 5 nitrogen and oxygen atoms in total. The Hall–Kier alpha value is -1.42. The van der Waals surface area contributed by atoms with Crippen LogP contribution in [-0.4, -0.2) is 26.9 Å². The Labute approximate surface area is 113 Å². The van der Waals surface area contributed by atoms with E-state index in [1.807, 2.05) is 12.1 Å². The van der Waals surface area contributed by atoms with Crippen molar-refractivity contribution in [3.8, 4) is 6.07 Å². The summed E-state index contributed by atoms with van der Waals surface area (Å²) in [5.41, 5.74) is 1.41. The van der Waals surface area contributed by atoms with Crippen LogP contribution >= 0.6 is 0 Å². The van der Waals surface area contributed by atoms with E-state index in [2.05, 4.69) is 6.07 Å². The largest absolute Gasteiger partial charge is 0.381 e. The molecule has 2 N–H and O–H groups in total. The molecular formula is C13H16N2O3S. The fraction of sp³-hybridized carbons (Fsp3) is 0.462. The maximum atomic E-state index is 11.6. The average Bonchev–Trinajstić information content (AvgIpc) is 2.39. The Morgan fingerprint density at radius 3 is 2.84 bits per heavy atom. The third-order valence-electron chi connectivity index (χ3n) is 3.45. The third kappa shape index (κ3) is 3.32. The molecule has 0 aliphatic carbocycles. The van der Waals surface area contributed by atoms with Crippen molar-refractivity contribution in [3.63, 3.8) is 0 Å². The summed E-state index contributed by atoms with van der Waals surface area (Å²) < 4.78 is 28.5. The summed E-state index contributed by atoms with van der Waals surface area (Å²) in [7, 11) is -3.58. The highest BCUT2D eigenvalue weighted by molar-refractivity contribution is 7.89. The van der Waals surface area contributed by atoms with Gasteiger partial charge in [0, 0.05) is 12.5 Å². The van der Waals surface area contributed by atoms with Crippen molar-refractivity contribution in [2.24, 2.45) is 11.1 Å². The first-order valence-corrected chi connectivity index (χ1v) is 7.70. The quantitative estimate of drug-likeness (QED) is 0.886. The van der Waals surface area contributed by atoms with Gasteiger partial charge in [-0.25, -0.2) is 13.6 Å². The lowest BCUT2D eigenvalue weighted by Gasteiger charge is -2.30. The summed E-state index contributed by atoms with van der Waals surface area (Å²) in [5, 5.41) is 13.7. The molecule has 0 amide bonds. The van der Waals surface area contributed by atoms with E-state index in [0.29, 0.717) is 31.6 Å². The molecule has 1 aliphatic heterocycles. The Morgan fingerprint density at radius 2 is 2.16 bits per heavy atom. The molecule has 19 heavy (non-hydrogen) atoms. The molecule has 1 heterocycles. The molecule has 0 saturated carbocycles. The Kier molecular flexibility index (Phi) is 4.20. The number of nitriles is 1. The second kappa shape index (κ2) is 5.70. The van der Waals surface area contributed by atoms with Crippen molar-refractivity contribution in [2.45, 2.75) is 18.1 Å². The van der Waals surface area contributed by atoms with Gasteiger partial charge in [-0.05, 0) is 24.5 Å². The molecule has 1 aromatic carbocycles. The predicted octanol–water partition coefficient (Wildman–Crippen LogP) is 0.794. The number of ether oxygens (including phenoxy) is 1.